The van der Waals surface area contributed by atoms with Gasteiger partial charge in [0, 0.05) is 23.8 Å². The molecule has 0 aliphatic carbocycles. The average molecular weight is 354 g/mol. The second kappa shape index (κ2) is 6.74. The summed E-state index contributed by atoms with van der Waals surface area (Å²) in [5.41, 5.74) is 6.99. The van der Waals surface area contributed by atoms with Crippen molar-refractivity contribution in [2.75, 3.05) is 19.8 Å². The Morgan fingerprint density at radius 2 is 2.31 bits per heavy atom. The molecule has 8 heteroatoms. The van der Waals surface area contributed by atoms with E-state index >= 15 is 0 Å². The van der Waals surface area contributed by atoms with Crippen molar-refractivity contribution in [1.29, 1.82) is 0 Å². The summed E-state index contributed by atoms with van der Waals surface area (Å²) in [4.78, 5) is 20.1. The van der Waals surface area contributed by atoms with Crippen molar-refractivity contribution in [1.82, 2.24) is 14.5 Å². The van der Waals surface area contributed by atoms with Crippen LogP contribution in [-0.2, 0) is 9.53 Å². The number of hydrogen-bond acceptors (Lipinski definition) is 6. The lowest BCUT2D eigenvalue weighted by molar-refractivity contribution is -0.154. The highest BCUT2D eigenvalue weighted by molar-refractivity contribution is 5.87. The third-order valence-corrected chi connectivity index (χ3v) is 4.41. The number of carbonyl (C=O) groups excluding carboxylic acids is 1. The molecule has 26 heavy (non-hydrogen) atoms. The van der Waals surface area contributed by atoms with Crippen LogP contribution in [0.25, 0.3) is 16.7 Å². The minimum absolute atomic E-state index is 0.0978. The van der Waals surface area contributed by atoms with Crippen LogP contribution in [0.5, 0.6) is 5.75 Å². The van der Waals surface area contributed by atoms with E-state index in [1.807, 2.05) is 18.2 Å². The first-order valence-corrected chi connectivity index (χ1v) is 8.25. The fourth-order valence-corrected chi connectivity index (χ4v) is 3.03. The number of aromatic nitrogens is 3. The maximum Gasteiger partial charge on any atom is 0.225 e. The number of hydrogen-bond donors (Lipinski definition) is 2. The molecule has 1 aliphatic rings. The number of pyridine rings is 1. The van der Waals surface area contributed by atoms with Crippen LogP contribution < -0.4 is 10.5 Å². The van der Waals surface area contributed by atoms with E-state index in [1.54, 1.807) is 29.4 Å². The second-order valence-electron chi connectivity index (χ2n) is 6.06. The predicted molar refractivity (Wildman–Crippen MR) is 92.8 cm³/mol. The molecule has 2 atom stereocenters. The Bertz CT molecular complexity index is 942. The summed E-state index contributed by atoms with van der Waals surface area (Å²) >= 11 is 0. The number of carbonyl (C=O) groups is 1. The zero-order chi connectivity index (χ0) is 18.1. The minimum Gasteiger partial charge on any atom is -0.490 e. The smallest absolute Gasteiger partial charge is 0.225 e. The van der Waals surface area contributed by atoms with Crippen LogP contribution in [-0.4, -0.2) is 45.4 Å². The van der Waals surface area contributed by atoms with E-state index in [-0.39, 0.29) is 31.1 Å². The molecule has 1 fully saturated rings. The molecule has 3 aromatic rings. The molecular weight excluding hydrogens is 336 g/mol. The van der Waals surface area contributed by atoms with Crippen LogP contribution in [0.4, 0.5) is 0 Å². The molecule has 0 saturated carbocycles. The van der Waals surface area contributed by atoms with E-state index in [0.717, 1.165) is 16.5 Å². The third kappa shape index (κ3) is 2.89. The lowest BCUT2D eigenvalue weighted by atomic mass is 9.90. The predicted octanol–water partition coefficient (Wildman–Crippen LogP) is 0.964. The van der Waals surface area contributed by atoms with E-state index in [4.69, 9.17) is 20.3 Å². The van der Waals surface area contributed by atoms with Crippen molar-refractivity contribution in [3.63, 3.8) is 0 Å². The van der Waals surface area contributed by atoms with Gasteiger partial charge in [0.2, 0.25) is 5.91 Å². The molecule has 4 rings (SSSR count). The van der Waals surface area contributed by atoms with Gasteiger partial charge >= 0.3 is 0 Å². The SMILES string of the molecule is NC(=O)C1COC1c1ccc2nc(-n3ccnc3)cc(OCCO)c2c1. The summed E-state index contributed by atoms with van der Waals surface area (Å²) in [6.07, 6.45) is 4.76. The molecule has 1 saturated heterocycles. The fraction of sp³-hybridized carbons (Fsp3) is 0.278. The maximum atomic E-state index is 11.5. The Balaban J connectivity index is 1.78. The monoisotopic (exact) mass is 354 g/mol. The van der Waals surface area contributed by atoms with Gasteiger partial charge in [0.05, 0.1) is 30.8 Å². The van der Waals surface area contributed by atoms with Crippen molar-refractivity contribution >= 4 is 16.8 Å². The molecule has 134 valence electrons. The molecule has 3 heterocycles. The molecule has 2 unspecified atom stereocenters. The summed E-state index contributed by atoms with van der Waals surface area (Å²) in [5, 5.41) is 9.89. The summed E-state index contributed by atoms with van der Waals surface area (Å²) in [6, 6.07) is 7.42. The Hall–Kier alpha value is -2.97. The normalized spacial score (nSPS) is 19.3. The highest BCUT2D eigenvalue weighted by atomic mass is 16.5. The number of ether oxygens (including phenoxy) is 2. The van der Waals surface area contributed by atoms with Crippen LogP contribution in [0.1, 0.15) is 11.7 Å². The molecule has 1 aliphatic heterocycles. The van der Waals surface area contributed by atoms with Crippen molar-refractivity contribution in [2.45, 2.75) is 6.10 Å². The molecule has 1 amide bonds. The van der Waals surface area contributed by atoms with E-state index < -0.39 is 0 Å². The third-order valence-electron chi connectivity index (χ3n) is 4.41. The standard InChI is InChI=1S/C18H18N4O4/c19-18(24)13-9-26-17(13)11-1-2-14-12(7-11)15(25-6-5-23)8-16(21-14)22-4-3-20-10-22/h1-4,7-8,10,13,17,23H,5-6,9H2,(H2,19,24). The van der Waals surface area contributed by atoms with Gasteiger partial charge in [-0.2, -0.15) is 0 Å². The number of primary amides is 1. The Morgan fingerprint density at radius 1 is 1.42 bits per heavy atom. The zero-order valence-corrected chi connectivity index (χ0v) is 13.9. The number of nitrogens with two attached hydrogens (primary N) is 1. The summed E-state index contributed by atoms with van der Waals surface area (Å²) in [6.45, 7) is 0.402. The molecule has 3 N–H and O–H groups in total. The zero-order valence-electron chi connectivity index (χ0n) is 13.9. The number of rotatable bonds is 6. The van der Waals surface area contributed by atoms with Gasteiger partial charge in [-0.05, 0) is 17.7 Å². The number of aliphatic hydroxyl groups is 1. The van der Waals surface area contributed by atoms with Gasteiger partial charge in [-0.1, -0.05) is 6.07 Å². The van der Waals surface area contributed by atoms with Gasteiger partial charge < -0.3 is 20.3 Å². The van der Waals surface area contributed by atoms with Gasteiger partial charge in [0.15, 0.2) is 0 Å². The summed E-state index contributed by atoms with van der Waals surface area (Å²) in [5.74, 6) is 0.550. The highest BCUT2D eigenvalue weighted by Gasteiger charge is 2.37. The summed E-state index contributed by atoms with van der Waals surface area (Å²) < 4.78 is 13.0. The van der Waals surface area contributed by atoms with Gasteiger partial charge in [-0.25, -0.2) is 9.97 Å². The topological polar surface area (TPSA) is 112 Å². The van der Waals surface area contributed by atoms with Crippen LogP contribution in [0.2, 0.25) is 0 Å². The quantitative estimate of drug-likeness (QED) is 0.682. The van der Waals surface area contributed by atoms with Gasteiger partial charge in [-0.15, -0.1) is 0 Å². The number of fused-ring (bicyclic) bond motifs is 1. The molecule has 8 nitrogen and oxygen atoms in total. The van der Waals surface area contributed by atoms with E-state index in [0.29, 0.717) is 18.2 Å². The molecule has 1 aromatic carbocycles. The largest absolute Gasteiger partial charge is 0.490 e. The number of nitrogens with zero attached hydrogens (tertiary/aromatic N) is 3. The lowest BCUT2D eigenvalue weighted by Gasteiger charge is -2.35. The molecule has 0 radical (unpaired) electrons. The molecule has 0 spiro atoms. The van der Waals surface area contributed by atoms with E-state index in [1.165, 1.54) is 0 Å². The first-order valence-electron chi connectivity index (χ1n) is 8.25. The first kappa shape index (κ1) is 16.5. The number of aliphatic hydroxyl groups excluding tert-OH is 1. The summed E-state index contributed by atoms with van der Waals surface area (Å²) in [7, 11) is 0. The van der Waals surface area contributed by atoms with E-state index in [2.05, 4.69) is 9.97 Å². The molecular formula is C18H18N4O4. The molecule has 0 bridgehead atoms. The van der Waals surface area contributed by atoms with Gasteiger partial charge in [-0.3, -0.25) is 9.36 Å². The van der Waals surface area contributed by atoms with Gasteiger partial charge in [0.25, 0.3) is 0 Å². The Kier molecular flexibility index (Phi) is 4.27. The Morgan fingerprint density at radius 3 is 2.96 bits per heavy atom. The van der Waals surface area contributed by atoms with Crippen LogP contribution >= 0.6 is 0 Å². The van der Waals surface area contributed by atoms with Gasteiger partial charge in [0.1, 0.15) is 24.5 Å². The van der Waals surface area contributed by atoms with Crippen LogP contribution in [0.15, 0.2) is 43.0 Å². The average Bonchev–Trinajstić information content (AvgIpc) is 3.12. The highest BCUT2D eigenvalue weighted by Crippen LogP contribution is 2.38. The lowest BCUT2D eigenvalue weighted by Crippen LogP contribution is -2.42. The number of imidazole rings is 1. The van der Waals surface area contributed by atoms with E-state index in [9.17, 15) is 4.79 Å². The van der Waals surface area contributed by atoms with Crippen LogP contribution in [0.3, 0.4) is 0 Å². The fourth-order valence-electron chi connectivity index (χ4n) is 3.03. The maximum absolute atomic E-state index is 11.5. The van der Waals surface area contributed by atoms with Crippen molar-refractivity contribution in [3.8, 4) is 11.6 Å². The second-order valence-corrected chi connectivity index (χ2v) is 6.06. The molecule has 2 aromatic heterocycles. The van der Waals surface area contributed by atoms with Crippen molar-refractivity contribution in [3.05, 3.63) is 48.5 Å². The van der Waals surface area contributed by atoms with Crippen LogP contribution in [0, 0.1) is 5.92 Å². The number of amides is 1. The minimum atomic E-state index is -0.369. The van der Waals surface area contributed by atoms with Crippen molar-refractivity contribution in [2.24, 2.45) is 11.7 Å². The van der Waals surface area contributed by atoms with Crippen molar-refractivity contribution < 1.29 is 19.4 Å². The number of benzene rings is 1. The Labute approximate surface area is 149 Å². The first-order chi connectivity index (χ1) is 12.7.